The van der Waals surface area contributed by atoms with E-state index in [1.807, 2.05) is 0 Å². The van der Waals surface area contributed by atoms with Gasteiger partial charge in [-0.15, -0.1) is 5.10 Å². The second-order valence-corrected chi connectivity index (χ2v) is 12.8. The third-order valence-corrected chi connectivity index (χ3v) is 9.08. The number of halogens is 1. The maximum absolute atomic E-state index is 12.8. The van der Waals surface area contributed by atoms with Gasteiger partial charge in [-0.3, -0.25) is 4.57 Å². The number of aliphatic hydroxyl groups excluding tert-OH is 2. The van der Waals surface area contributed by atoms with Gasteiger partial charge in [0.15, 0.2) is 17.7 Å². The van der Waals surface area contributed by atoms with Crippen LogP contribution in [-0.4, -0.2) is 130 Å². The summed E-state index contributed by atoms with van der Waals surface area (Å²) >= 11 is 6.22. The number of methoxy groups -OCH3 is 1. The lowest BCUT2D eigenvalue weighted by Crippen LogP contribution is -2.46. The molecule has 1 saturated heterocycles. The maximum Gasteiger partial charge on any atom is 0.361 e. The van der Waals surface area contributed by atoms with Crippen molar-refractivity contribution in [1.82, 2.24) is 40.4 Å². The SMILES string of the molecule is COCCOC[C@](COCc1nnn[nH]1)(OC[C@H]1O[C@@H](n2ncc3c(NC4CCCC4)nc(Cl)nc32)[C@H](O)[C@@H]1O)P(=O)(O)O. The molecule has 5 rings (SSSR count). The zero-order chi connectivity index (χ0) is 31.3. The minimum atomic E-state index is -5.10. The van der Waals surface area contributed by atoms with Crippen LogP contribution in [0.4, 0.5) is 5.82 Å². The van der Waals surface area contributed by atoms with Crippen molar-refractivity contribution in [2.75, 3.05) is 45.5 Å². The predicted octanol–water partition coefficient (Wildman–Crippen LogP) is -0.263. The number of hydrogen-bond acceptors (Lipinski definition) is 15. The van der Waals surface area contributed by atoms with Crippen molar-refractivity contribution >= 4 is 36.0 Å². The van der Waals surface area contributed by atoms with Crippen molar-refractivity contribution in [2.45, 2.75) is 68.2 Å². The van der Waals surface area contributed by atoms with Crippen LogP contribution in [0.3, 0.4) is 0 Å². The Balaban J connectivity index is 1.32. The molecule has 1 saturated carbocycles. The highest BCUT2D eigenvalue weighted by Gasteiger charge is 2.52. The minimum absolute atomic E-state index is 0.00531. The summed E-state index contributed by atoms with van der Waals surface area (Å²) in [5, 5.41) is 40.7. The first kappa shape index (κ1) is 33.0. The molecular formula is C23H35ClN9O10P. The molecule has 2 aliphatic rings. The summed E-state index contributed by atoms with van der Waals surface area (Å²) in [6, 6.07) is 0.230. The van der Waals surface area contributed by atoms with Gasteiger partial charge in [-0.05, 0) is 34.9 Å². The molecular weight excluding hydrogens is 629 g/mol. The quantitative estimate of drug-likeness (QED) is 0.0655. The molecule has 0 bridgehead atoms. The van der Waals surface area contributed by atoms with Gasteiger partial charge in [-0.2, -0.15) is 15.1 Å². The largest absolute Gasteiger partial charge is 0.387 e. The van der Waals surface area contributed by atoms with Crippen molar-refractivity contribution in [2.24, 2.45) is 0 Å². The number of fused-ring (bicyclic) bond motifs is 1. The van der Waals surface area contributed by atoms with Gasteiger partial charge in [0.1, 0.15) is 30.7 Å². The molecule has 4 heterocycles. The Morgan fingerprint density at radius 2 is 1.95 bits per heavy atom. The van der Waals surface area contributed by atoms with Crippen molar-refractivity contribution in [3.8, 4) is 0 Å². The predicted molar refractivity (Wildman–Crippen MR) is 149 cm³/mol. The molecule has 3 aromatic rings. The van der Waals surface area contributed by atoms with Gasteiger partial charge in [-0.1, -0.05) is 12.8 Å². The van der Waals surface area contributed by atoms with Crippen LogP contribution >= 0.6 is 19.2 Å². The number of nitrogens with one attached hydrogen (secondary N) is 2. The highest BCUT2D eigenvalue weighted by atomic mass is 35.5. The van der Waals surface area contributed by atoms with Crippen molar-refractivity contribution in [1.29, 1.82) is 0 Å². The number of H-pyrrole nitrogens is 1. The lowest BCUT2D eigenvalue weighted by Gasteiger charge is -2.34. The number of anilines is 1. The van der Waals surface area contributed by atoms with Gasteiger partial charge in [0.25, 0.3) is 0 Å². The third-order valence-electron chi connectivity index (χ3n) is 7.46. The fourth-order valence-corrected chi connectivity index (χ4v) is 5.99. The molecule has 44 heavy (non-hydrogen) atoms. The van der Waals surface area contributed by atoms with Crippen molar-refractivity contribution < 1.29 is 48.2 Å². The second kappa shape index (κ2) is 14.3. The lowest BCUT2D eigenvalue weighted by molar-refractivity contribution is -0.140. The van der Waals surface area contributed by atoms with Crippen molar-refractivity contribution in [3.63, 3.8) is 0 Å². The smallest absolute Gasteiger partial charge is 0.361 e. The topological polar surface area (TPSA) is 254 Å². The Labute approximate surface area is 255 Å². The molecule has 0 unspecified atom stereocenters. The molecule has 2 fully saturated rings. The van der Waals surface area contributed by atoms with Crippen molar-refractivity contribution in [3.05, 3.63) is 17.3 Å². The van der Waals surface area contributed by atoms with Crippen LogP contribution in [0.5, 0.6) is 0 Å². The fraction of sp³-hybridized carbons (Fsp3) is 0.739. The van der Waals surface area contributed by atoms with E-state index >= 15 is 0 Å². The molecule has 0 amide bonds. The van der Waals surface area contributed by atoms with E-state index < -0.39 is 57.3 Å². The average Bonchev–Trinajstić information content (AvgIpc) is 3.79. The Morgan fingerprint density at radius 1 is 1.18 bits per heavy atom. The normalized spacial score (nSPS) is 24.3. The number of aromatic amines is 1. The summed E-state index contributed by atoms with van der Waals surface area (Å²) in [5.74, 6) is 0.703. The van der Waals surface area contributed by atoms with E-state index in [9.17, 15) is 24.6 Å². The zero-order valence-electron chi connectivity index (χ0n) is 23.7. The molecule has 5 atom stereocenters. The van der Waals surface area contributed by atoms with Gasteiger partial charge in [0.2, 0.25) is 10.6 Å². The van der Waals surface area contributed by atoms with Crippen LogP contribution in [0.1, 0.15) is 37.7 Å². The van der Waals surface area contributed by atoms with E-state index in [1.54, 1.807) is 0 Å². The van der Waals surface area contributed by atoms with Gasteiger partial charge in [0, 0.05) is 13.2 Å². The monoisotopic (exact) mass is 663 g/mol. The third kappa shape index (κ3) is 7.34. The van der Waals surface area contributed by atoms with E-state index in [1.165, 1.54) is 18.0 Å². The summed E-state index contributed by atoms with van der Waals surface area (Å²) < 4.78 is 41.6. The Hall–Kier alpha value is -2.42. The summed E-state index contributed by atoms with van der Waals surface area (Å²) in [6.07, 6.45) is 0.183. The van der Waals surface area contributed by atoms with E-state index in [0.717, 1.165) is 25.7 Å². The first-order valence-electron chi connectivity index (χ1n) is 13.9. The van der Waals surface area contributed by atoms with Crippen LogP contribution < -0.4 is 5.32 Å². The van der Waals surface area contributed by atoms with E-state index in [-0.39, 0.29) is 42.6 Å². The molecule has 0 radical (unpaired) electrons. The van der Waals surface area contributed by atoms with Crippen LogP contribution in [0.25, 0.3) is 11.0 Å². The molecule has 3 aromatic heterocycles. The van der Waals surface area contributed by atoms with E-state index in [0.29, 0.717) is 11.2 Å². The van der Waals surface area contributed by atoms with Gasteiger partial charge >= 0.3 is 7.60 Å². The number of aliphatic hydroxyl groups is 2. The average molecular weight is 664 g/mol. The number of nitrogens with zero attached hydrogens (tertiary/aromatic N) is 7. The summed E-state index contributed by atoms with van der Waals surface area (Å²) in [5.41, 5.74) is 0.259. The van der Waals surface area contributed by atoms with Crippen LogP contribution in [0.15, 0.2) is 6.20 Å². The molecule has 19 nitrogen and oxygen atoms in total. The molecule has 1 aliphatic heterocycles. The Morgan fingerprint density at radius 3 is 2.66 bits per heavy atom. The van der Waals surface area contributed by atoms with E-state index in [2.05, 4.69) is 41.0 Å². The van der Waals surface area contributed by atoms with Crippen LogP contribution in [-0.2, 0) is 34.9 Å². The maximum atomic E-state index is 12.8. The number of tetrazole rings is 1. The first-order valence-corrected chi connectivity index (χ1v) is 15.9. The van der Waals surface area contributed by atoms with E-state index in [4.69, 9.17) is 35.3 Å². The van der Waals surface area contributed by atoms with Gasteiger partial charge in [-0.25, -0.2) is 9.78 Å². The Kier molecular flexibility index (Phi) is 10.7. The molecule has 244 valence electrons. The zero-order valence-corrected chi connectivity index (χ0v) is 25.4. The number of aromatic nitrogens is 8. The summed E-state index contributed by atoms with van der Waals surface area (Å²) in [4.78, 5) is 29.3. The van der Waals surface area contributed by atoms with Crippen LogP contribution in [0.2, 0.25) is 5.28 Å². The highest BCUT2D eigenvalue weighted by Crippen LogP contribution is 2.52. The molecule has 6 N–H and O–H groups in total. The molecule has 0 aromatic carbocycles. The molecule has 0 spiro atoms. The second-order valence-electron chi connectivity index (χ2n) is 10.5. The number of ether oxygens (including phenoxy) is 5. The Bertz CT molecular complexity index is 1410. The molecule has 21 heteroatoms. The summed E-state index contributed by atoms with van der Waals surface area (Å²) in [7, 11) is -3.66. The number of rotatable bonds is 16. The van der Waals surface area contributed by atoms with Crippen LogP contribution in [0, 0.1) is 0 Å². The first-order chi connectivity index (χ1) is 21.1. The summed E-state index contributed by atoms with van der Waals surface area (Å²) in [6.45, 7) is -1.86. The number of hydrogen-bond donors (Lipinski definition) is 6. The van der Waals surface area contributed by atoms with Gasteiger partial charge < -0.3 is 49.0 Å². The fourth-order valence-electron chi connectivity index (χ4n) is 5.06. The van der Waals surface area contributed by atoms with Gasteiger partial charge in [0.05, 0.1) is 44.6 Å². The standard InChI is InChI=1S/C23H35ClN9O10P/c1-39-6-7-40-11-23(44(36,37)38,12-41-10-16-29-31-32-30-16)42-9-15-17(34)18(35)21(43-15)33-20-14(8-25-33)19(27-22(24)28-20)26-13-4-2-3-5-13/h8,13,15,17-18,21,34-35H,2-7,9-12H2,1H3,(H,26,27,28)(H2,36,37,38)(H,29,30,31,32)/t15-,17-,18-,21-,23+/m1/s1. The minimum Gasteiger partial charge on any atom is -0.387 e. The molecule has 1 aliphatic carbocycles. The lowest BCUT2D eigenvalue weighted by atomic mass is 10.1. The highest BCUT2D eigenvalue weighted by molar-refractivity contribution is 7.53.